The summed E-state index contributed by atoms with van der Waals surface area (Å²) in [4.78, 5) is 2.45. The molecule has 0 aliphatic heterocycles. The van der Waals surface area contributed by atoms with Crippen LogP contribution in [0.4, 0.5) is 5.69 Å². The predicted octanol–water partition coefficient (Wildman–Crippen LogP) is 4.51. The van der Waals surface area contributed by atoms with Crippen molar-refractivity contribution >= 4 is 5.69 Å². The predicted molar refractivity (Wildman–Crippen MR) is 93.0 cm³/mol. The summed E-state index contributed by atoms with van der Waals surface area (Å²) in [5.41, 5.74) is 4.33. The van der Waals surface area contributed by atoms with Crippen LogP contribution in [0.2, 0.25) is 0 Å². The maximum Gasteiger partial charge on any atom is 0.0393 e. The number of nitrogens with zero attached hydrogens (tertiary/aromatic N) is 1. The summed E-state index contributed by atoms with van der Waals surface area (Å²) in [7, 11) is 2.24. The second-order valence-electron chi connectivity index (χ2n) is 7.76. The summed E-state index contributed by atoms with van der Waals surface area (Å²) < 4.78 is 0. The van der Waals surface area contributed by atoms with E-state index < -0.39 is 0 Å². The lowest BCUT2D eigenvalue weighted by Crippen LogP contribution is -2.35. The second-order valence-corrected chi connectivity index (χ2v) is 7.76. The Morgan fingerprint density at radius 1 is 1.19 bits per heavy atom. The zero-order valence-electron chi connectivity index (χ0n) is 14.5. The van der Waals surface area contributed by atoms with E-state index >= 15 is 0 Å². The fraction of sp³-hybridized carbons (Fsp3) is 0.684. The number of hydrogen-bond donors (Lipinski definition) is 1. The minimum atomic E-state index is 0.172. The molecule has 2 nitrogen and oxygen atoms in total. The minimum Gasteiger partial charge on any atom is -0.374 e. The third-order valence-corrected chi connectivity index (χ3v) is 4.50. The maximum absolute atomic E-state index is 3.56. The van der Waals surface area contributed by atoms with Gasteiger partial charge >= 0.3 is 0 Å². The number of anilines is 1. The van der Waals surface area contributed by atoms with Crippen LogP contribution in [-0.4, -0.2) is 19.1 Å². The first-order valence-electron chi connectivity index (χ1n) is 8.41. The van der Waals surface area contributed by atoms with Gasteiger partial charge in [0.2, 0.25) is 0 Å². The summed E-state index contributed by atoms with van der Waals surface area (Å²) in [5, 5.41) is 3.56. The average Bonchev–Trinajstić information content (AvgIpc) is 2.88. The van der Waals surface area contributed by atoms with Gasteiger partial charge in [-0.15, -0.1) is 0 Å². The molecule has 0 heterocycles. The molecule has 0 atom stereocenters. The highest BCUT2D eigenvalue weighted by Crippen LogP contribution is 2.28. The number of benzene rings is 1. The van der Waals surface area contributed by atoms with Crippen LogP contribution >= 0.6 is 0 Å². The largest absolute Gasteiger partial charge is 0.374 e. The van der Waals surface area contributed by atoms with Crippen molar-refractivity contribution in [2.45, 2.75) is 65.5 Å². The molecule has 1 saturated carbocycles. The number of hydrogen-bond acceptors (Lipinski definition) is 2. The van der Waals surface area contributed by atoms with Crippen molar-refractivity contribution in [3.05, 3.63) is 29.3 Å². The Bertz CT molecular complexity index is 453. The van der Waals surface area contributed by atoms with Gasteiger partial charge in [-0.05, 0) is 63.6 Å². The molecule has 2 rings (SSSR count). The summed E-state index contributed by atoms with van der Waals surface area (Å²) in [6.07, 6.45) is 5.68. The van der Waals surface area contributed by atoms with Gasteiger partial charge in [0.1, 0.15) is 0 Å². The molecule has 0 unspecified atom stereocenters. The summed E-state index contributed by atoms with van der Waals surface area (Å²) in [6, 6.07) is 6.90. The molecule has 0 bridgehead atoms. The molecule has 1 aromatic rings. The molecule has 21 heavy (non-hydrogen) atoms. The van der Waals surface area contributed by atoms with Gasteiger partial charge in [-0.25, -0.2) is 0 Å². The molecular weight excluding hydrogens is 256 g/mol. The molecule has 118 valence electrons. The number of aryl methyl sites for hydroxylation is 1. The fourth-order valence-corrected chi connectivity index (χ4v) is 3.30. The standard InChI is InChI=1S/C19H32N2/c1-15-12-17(13-20-19(2,3)4)10-11-18(15)21(5)14-16-8-6-7-9-16/h10-12,16,20H,6-9,13-14H2,1-5H3. The summed E-state index contributed by atoms with van der Waals surface area (Å²) in [6.45, 7) is 11.0. The Kier molecular flexibility index (Phi) is 5.32. The molecule has 0 spiro atoms. The molecule has 2 heteroatoms. The quantitative estimate of drug-likeness (QED) is 0.857. The molecule has 1 aliphatic carbocycles. The highest BCUT2D eigenvalue weighted by Gasteiger charge is 2.18. The molecule has 0 amide bonds. The van der Waals surface area contributed by atoms with Crippen molar-refractivity contribution in [3.8, 4) is 0 Å². The second kappa shape index (κ2) is 6.83. The zero-order valence-corrected chi connectivity index (χ0v) is 14.5. The van der Waals surface area contributed by atoms with E-state index in [0.717, 1.165) is 12.5 Å². The van der Waals surface area contributed by atoms with Crippen molar-refractivity contribution in [2.24, 2.45) is 5.92 Å². The smallest absolute Gasteiger partial charge is 0.0393 e. The highest BCUT2D eigenvalue weighted by atomic mass is 15.1. The lowest BCUT2D eigenvalue weighted by Gasteiger charge is -2.26. The summed E-state index contributed by atoms with van der Waals surface area (Å²) >= 11 is 0. The monoisotopic (exact) mass is 288 g/mol. The lowest BCUT2D eigenvalue weighted by atomic mass is 10.0. The van der Waals surface area contributed by atoms with Crippen LogP contribution in [0.15, 0.2) is 18.2 Å². The molecule has 1 N–H and O–H groups in total. The molecule has 1 fully saturated rings. The molecule has 1 aliphatic rings. The first kappa shape index (κ1) is 16.4. The van der Waals surface area contributed by atoms with E-state index in [-0.39, 0.29) is 5.54 Å². The minimum absolute atomic E-state index is 0.172. The molecule has 0 saturated heterocycles. The van der Waals surface area contributed by atoms with Gasteiger partial charge in [-0.1, -0.05) is 25.0 Å². The van der Waals surface area contributed by atoms with Crippen LogP contribution in [0.1, 0.15) is 57.6 Å². The SMILES string of the molecule is Cc1cc(CNC(C)(C)C)ccc1N(C)CC1CCCC1. The van der Waals surface area contributed by atoms with E-state index in [4.69, 9.17) is 0 Å². The Hall–Kier alpha value is -1.02. The van der Waals surface area contributed by atoms with E-state index in [9.17, 15) is 0 Å². The van der Waals surface area contributed by atoms with E-state index in [2.05, 4.69) is 63.2 Å². The van der Waals surface area contributed by atoms with Crippen molar-refractivity contribution in [1.82, 2.24) is 5.32 Å². The molecular formula is C19H32N2. The fourth-order valence-electron chi connectivity index (χ4n) is 3.30. The van der Waals surface area contributed by atoms with Gasteiger partial charge in [0.15, 0.2) is 0 Å². The van der Waals surface area contributed by atoms with Crippen LogP contribution < -0.4 is 10.2 Å². The van der Waals surface area contributed by atoms with E-state index in [1.807, 2.05) is 0 Å². The first-order valence-corrected chi connectivity index (χ1v) is 8.41. The number of rotatable bonds is 5. The van der Waals surface area contributed by atoms with Crippen molar-refractivity contribution in [3.63, 3.8) is 0 Å². The van der Waals surface area contributed by atoms with Crippen LogP contribution in [-0.2, 0) is 6.54 Å². The van der Waals surface area contributed by atoms with Crippen LogP contribution in [0.25, 0.3) is 0 Å². The van der Waals surface area contributed by atoms with E-state index in [1.54, 1.807) is 0 Å². The molecule has 0 aromatic heterocycles. The van der Waals surface area contributed by atoms with Gasteiger partial charge < -0.3 is 10.2 Å². The molecule has 1 aromatic carbocycles. The average molecular weight is 288 g/mol. The van der Waals surface area contributed by atoms with Gasteiger partial charge in [0.25, 0.3) is 0 Å². The van der Waals surface area contributed by atoms with E-state index in [0.29, 0.717) is 0 Å². The third-order valence-electron chi connectivity index (χ3n) is 4.50. The van der Waals surface area contributed by atoms with Gasteiger partial charge in [-0.3, -0.25) is 0 Å². The first-order chi connectivity index (χ1) is 9.85. The van der Waals surface area contributed by atoms with Crippen molar-refractivity contribution in [1.29, 1.82) is 0 Å². The maximum atomic E-state index is 3.56. The lowest BCUT2D eigenvalue weighted by molar-refractivity contribution is 0.424. The van der Waals surface area contributed by atoms with Gasteiger partial charge in [0, 0.05) is 31.4 Å². The topological polar surface area (TPSA) is 15.3 Å². The van der Waals surface area contributed by atoms with Crippen molar-refractivity contribution in [2.75, 3.05) is 18.5 Å². The summed E-state index contributed by atoms with van der Waals surface area (Å²) in [5.74, 6) is 0.900. The number of nitrogens with one attached hydrogen (secondary N) is 1. The Balaban J connectivity index is 1.97. The normalized spacial score (nSPS) is 16.4. The van der Waals surface area contributed by atoms with E-state index in [1.165, 1.54) is 49.0 Å². The van der Waals surface area contributed by atoms with Crippen LogP contribution in [0.5, 0.6) is 0 Å². The Morgan fingerprint density at radius 2 is 1.86 bits per heavy atom. The zero-order chi connectivity index (χ0) is 15.5. The van der Waals surface area contributed by atoms with Crippen molar-refractivity contribution < 1.29 is 0 Å². The Labute approximate surface area is 130 Å². The van der Waals surface area contributed by atoms with Gasteiger partial charge in [0.05, 0.1) is 0 Å². The van der Waals surface area contributed by atoms with Crippen LogP contribution in [0.3, 0.4) is 0 Å². The third kappa shape index (κ3) is 5.03. The van der Waals surface area contributed by atoms with Gasteiger partial charge in [-0.2, -0.15) is 0 Å². The molecule has 0 radical (unpaired) electrons. The van der Waals surface area contributed by atoms with Crippen LogP contribution in [0, 0.1) is 12.8 Å². The Morgan fingerprint density at radius 3 is 2.43 bits per heavy atom. The highest BCUT2D eigenvalue weighted by molar-refractivity contribution is 5.54.